The van der Waals surface area contributed by atoms with Crippen molar-refractivity contribution < 1.29 is 14.3 Å². The first-order valence-corrected chi connectivity index (χ1v) is 8.08. The van der Waals surface area contributed by atoms with Gasteiger partial charge in [0.2, 0.25) is 0 Å². The van der Waals surface area contributed by atoms with Gasteiger partial charge < -0.3 is 9.47 Å². The molecule has 0 aliphatic heterocycles. The van der Waals surface area contributed by atoms with Gasteiger partial charge >= 0.3 is 5.97 Å². The largest absolute Gasteiger partial charge is 0.462 e. The summed E-state index contributed by atoms with van der Waals surface area (Å²) in [5, 5.41) is 0. The molecule has 20 heavy (non-hydrogen) atoms. The van der Waals surface area contributed by atoms with Crippen molar-refractivity contribution in [3.05, 3.63) is 0 Å². The molecule has 0 heterocycles. The molecule has 3 aliphatic rings. The summed E-state index contributed by atoms with van der Waals surface area (Å²) in [6.45, 7) is 7.01. The number of fused-ring (bicyclic) bond motifs is 2. The SMILES string of the molecule is COC1(CC(=O)OC2CC3CCC2(C)C3(C)C)CCC1. The van der Waals surface area contributed by atoms with Crippen LogP contribution in [0.2, 0.25) is 0 Å². The molecule has 0 aromatic heterocycles. The Balaban J connectivity index is 1.63. The molecule has 3 atom stereocenters. The summed E-state index contributed by atoms with van der Waals surface area (Å²) in [7, 11) is 1.72. The minimum absolute atomic E-state index is 0.0545. The van der Waals surface area contributed by atoms with E-state index in [0.29, 0.717) is 17.8 Å². The van der Waals surface area contributed by atoms with Gasteiger partial charge in [0.25, 0.3) is 0 Å². The molecule has 3 saturated carbocycles. The second-order valence-electron chi connectivity index (χ2n) is 8.01. The molecule has 0 radical (unpaired) electrons. The molecule has 3 rings (SSSR count). The second-order valence-corrected chi connectivity index (χ2v) is 8.01. The third-order valence-electron chi connectivity index (χ3n) is 7.15. The van der Waals surface area contributed by atoms with E-state index in [4.69, 9.17) is 9.47 Å². The first-order chi connectivity index (χ1) is 9.33. The second kappa shape index (κ2) is 4.46. The van der Waals surface area contributed by atoms with E-state index in [1.54, 1.807) is 7.11 Å². The van der Waals surface area contributed by atoms with Crippen LogP contribution in [0.1, 0.15) is 65.7 Å². The lowest BCUT2D eigenvalue weighted by Gasteiger charge is -2.41. The van der Waals surface area contributed by atoms with Crippen LogP contribution < -0.4 is 0 Å². The Morgan fingerprint density at radius 1 is 1.20 bits per heavy atom. The molecule has 0 amide bonds. The van der Waals surface area contributed by atoms with E-state index in [1.807, 2.05) is 0 Å². The molecule has 0 N–H and O–H groups in total. The summed E-state index contributed by atoms with van der Waals surface area (Å²) in [4.78, 5) is 12.3. The van der Waals surface area contributed by atoms with Crippen LogP contribution in [0.5, 0.6) is 0 Å². The Morgan fingerprint density at radius 2 is 1.90 bits per heavy atom. The molecule has 0 spiro atoms. The minimum atomic E-state index is -0.217. The molecular formula is C17H28O3. The van der Waals surface area contributed by atoms with Crippen molar-refractivity contribution in [1.29, 1.82) is 0 Å². The molecule has 114 valence electrons. The summed E-state index contributed by atoms with van der Waals surface area (Å²) in [6.07, 6.45) is 7.23. The molecular weight excluding hydrogens is 252 g/mol. The lowest BCUT2D eigenvalue weighted by molar-refractivity contribution is -0.168. The van der Waals surface area contributed by atoms with Gasteiger partial charge in [-0.3, -0.25) is 4.79 Å². The van der Waals surface area contributed by atoms with Gasteiger partial charge in [0.1, 0.15) is 6.10 Å². The standard InChI is InChI=1S/C17H28O3/c1-15(2)12-6-9-16(15,3)13(10-12)20-14(18)11-17(19-4)7-5-8-17/h12-13H,5-11H2,1-4H3. The van der Waals surface area contributed by atoms with Crippen LogP contribution in [0, 0.1) is 16.7 Å². The van der Waals surface area contributed by atoms with E-state index in [2.05, 4.69) is 20.8 Å². The van der Waals surface area contributed by atoms with Crippen LogP contribution in [0.3, 0.4) is 0 Å². The average molecular weight is 280 g/mol. The van der Waals surface area contributed by atoms with E-state index < -0.39 is 0 Å². The van der Waals surface area contributed by atoms with Crippen LogP contribution in [-0.4, -0.2) is 24.8 Å². The third-order valence-corrected chi connectivity index (χ3v) is 7.15. The molecule has 3 unspecified atom stereocenters. The van der Waals surface area contributed by atoms with Gasteiger partial charge in [-0.2, -0.15) is 0 Å². The fourth-order valence-electron chi connectivity index (χ4n) is 4.80. The monoisotopic (exact) mass is 280 g/mol. The Labute approximate surface area is 122 Å². The molecule has 3 nitrogen and oxygen atoms in total. The molecule has 2 bridgehead atoms. The van der Waals surface area contributed by atoms with Crippen molar-refractivity contribution in [2.45, 2.75) is 77.4 Å². The van der Waals surface area contributed by atoms with E-state index in [9.17, 15) is 4.79 Å². The number of carbonyl (C=O) groups is 1. The summed E-state index contributed by atoms with van der Waals surface area (Å²) in [5.74, 6) is 0.659. The Hall–Kier alpha value is -0.570. The highest BCUT2D eigenvalue weighted by atomic mass is 16.5. The first-order valence-electron chi connectivity index (χ1n) is 8.08. The van der Waals surface area contributed by atoms with E-state index >= 15 is 0 Å². The van der Waals surface area contributed by atoms with Crippen LogP contribution >= 0.6 is 0 Å². The molecule has 3 fully saturated rings. The Morgan fingerprint density at radius 3 is 2.30 bits per heavy atom. The van der Waals surface area contributed by atoms with Crippen molar-refractivity contribution in [1.82, 2.24) is 0 Å². The summed E-state index contributed by atoms with van der Waals surface area (Å²) in [6, 6.07) is 0. The van der Waals surface area contributed by atoms with E-state index in [-0.39, 0.29) is 23.1 Å². The Kier molecular flexibility index (Phi) is 3.20. The summed E-state index contributed by atoms with van der Waals surface area (Å²) in [5.41, 5.74) is 0.242. The van der Waals surface area contributed by atoms with Crippen molar-refractivity contribution in [2.75, 3.05) is 7.11 Å². The maximum atomic E-state index is 12.3. The fraction of sp³-hybridized carbons (Fsp3) is 0.941. The zero-order valence-electron chi connectivity index (χ0n) is 13.3. The normalized spacial score (nSPS) is 40.4. The van der Waals surface area contributed by atoms with Gasteiger partial charge in [-0.05, 0) is 49.9 Å². The first kappa shape index (κ1) is 14.4. The van der Waals surface area contributed by atoms with Crippen molar-refractivity contribution in [2.24, 2.45) is 16.7 Å². The number of hydrogen-bond acceptors (Lipinski definition) is 3. The van der Waals surface area contributed by atoms with Crippen LogP contribution in [-0.2, 0) is 14.3 Å². The lowest BCUT2D eigenvalue weighted by Crippen LogP contribution is -2.44. The topological polar surface area (TPSA) is 35.5 Å². The van der Waals surface area contributed by atoms with Crippen molar-refractivity contribution in [3.63, 3.8) is 0 Å². The van der Waals surface area contributed by atoms with E-state index in [1.165, 1.54) is 12.8 Å². The van der Waals surface area contributed by atoms with Gasteiger partial charge in [-0.1, -0.05) is 20.8 Å². The average Bonchev–Trinajstić information content (AvgIpc) is 2.67. The van der Waals surface area contributed by atoms with Gasteiger partial charge in [0.05, 0.1) is 12.0 Å². The van der Waals surface area contributed by atoms with Crippen LogP contribution in [0.15, 0.2) is 0 Å². The van der Waals surface area contributed by atoms with E-state index in [0.717, 1.165) is 25.7 Å². The maximum absolute atomic E-state index is 12.3. The number of hydrogen-bond donors (Lipinski definition) is 0. The fourth-order valence-corrected chi connectivity index (χ4v) is 4.80. The molecule has 3 aliphatic carbocycles. The van der Waals surface area contributed by atoms with Gasteiger partial charge in [-0.25, -0.2) is 0 Å². The summed E-state index contributed by atoms with van der Waals surface area (Å²) >= 11 is 0. The predicted octanol–water partition coefficient (Wildman–Crippen LogP) is 3.70. The molecule has 0 saturated heterocycles. The molecule has 0 aromatic rings. The van der Waals surface area contributed by atoms with Gasteiger partial charge in [-0.15, -0.1) is 0 Å². The number of rotatable bonds is 4. The minimum Gasteiger partial charge on any atom is -0.462 e. The quantitative estimate of drug-likeness (QED) is 0.737. The highest BCUT2D eigenvalue weighted by molar-refractivity contribution is 5.71. The maximum Gasteiger partial charge on any atom is 0.309 e. The van der Waals surface area contributed by atoms with Crippen LogP contribution in [0.4, 0.5) is 0 Å². The number of carbonyl (C=O) groups excluding carboxylic acids is 1. The Bertz CT molecular complexity index is 405. The van der Waals surface area contributed by atoms with Crippen molar-refractivity contribution >= 4 is 5.97 Å². The highest BCUT2D eigenvalue weighted by Gasteiger charge is 2.63. The predicted molar refractivity (Wildman–Crippen MR) is 77.3 cm³/mol. The summed E-state index contributed by atoms with van der Waals surface area (Å²) < 4.78 is 11.4. The lowest BCUT2D eigenvalue weighted by atomic mass is 9.70. The van der Waals surface area contributed by atoms with Crippen molar-refractivity contribution in [3.8, 4) is 0 Å². The number of methoxy groups -OCH3 is 1. The van der Waals surface area contributed by atoms with Gasteiger partial charge in [0, 0.05) is 12.5 Å². The molecule has 3 heteroatoms. The third kappa shape index (κ3) is 1.85. The molecule has 0 aromatic carbocycles. The van der Waals surface area contributed by atoms with Gasteiger partial charge in [0.15, 0.2) is 0 Å². The number of ether oxygens (including phenoxy) is 2. The zero-order valence-corrected chi connectivity index (χ0v) is 13.3. The van der Waals surface area contributed by atoms with Crippen LogP contribution in [0.25, 0.3) is 0 Å². The number of esters is 1. The highest BCUT2D eigenvalue weighted by Crippen LogP contribution is 2.66. The smallest absolute Gasteiger partial charge is 0.309 e. The zero-order chi connectivity index (χ0) is 14.6.